The van der Waals surface area contributed by atoms with Gasteiger partial charge in [-0.05, 0) is 18.9 Å². The Balaban J connectivity index is 1.84. The number of anilines is 2. The van der Waals surface area contributed by atoms with Gasteiger partial charge < -0.3 is 15.4 Å². The largest absolute Gasteiger partial charge is 0.482 e. The van der Waals surface area contributed by atoms with Crippen LogP contribution in [0.3, 0.4) is 0 Å². The maximum absolute atomic E-state index is 11.2. The molecule has 0 bridgehead atoms. The molecule has 1 saturated carbocycles. The highest BCUT2D eigenvalue weighted by molar-refractivity contribution is 6.33. The van der Waals surface area contributed by atoms with E-state index in [4.69, 9.17) is 16.3 Å². The number of halogens is 1. The number of benzene rings is 1. The third kappa shape index (κ3) is 2.25. The highest BCUT2D eigenvalue weighted by Gasteiger charge is 2.20. The minimum absolute atomic E-state index is 0.0670. The molecule has 1 aliphatic carbocycles. The lowest BCUT2D eigenvalue weighted by molar-refractivity contribution is -0.118. The Kier molecular flexibility index (Phi) is 3.04. The number of nitrogens with one attached hydrogen (secondary N) is 2. The van der Waals surface area contributed by atoms with E-state index >= 15 is 0 Å². The van der Waals surface area contributed by atoms with Crippen LogP contribution in [0, 0.1) is 0 Å². The normalized spacial score (nSPS) is 19.1. The summed E-state index contributed by atoms with van der Waals surface area (Å²) in [6.45, 7) is 0.0670. The van der Waals surface area contributed by atoms with Crippen molar-refractivity contribution in [1.29, 1.82) is 0 Å². The first-order chi connectivity index (χ1) is 8.72. The Bertz CT molecular complexity index is 484. The van der Waals surface area contributed by atoms with Crippen LogP contribution in [-0.4, -0.2) is 18.6 Å². The zero-order valence-electron chi connectivity index (χ0n) is 9.96. The molecule has 2 N–H and O–H groups in total. The molecule has 2 aliphatic rings. The van der Waals surface area contributed by atoms with Crippen LogP contribution in [0.25, 0.3) is 0 Å². The van der Waals surface area contributed by atoms with Crippen LogP contribution < -0.4 is 15.4 Å². The first-order valence-corrected chi connectivity index (χ1v) is 6.63. The summed E-state index contributed by atoms with van der Waals surface area (Å²) < 4.78 is 5.39. The van der Waals surface area contributed by atoms with Crippen LogP contribution in [0.1, 0.15) is 25.7 Å². The van der Waals surface area contributed by atoms with Crippen molar-refractivity contribution in [1.82, 2.24) is 0 Å². The minimum atomic E-state index is -0.143. The van der Waals surface area contributed by atoms with Gasteiger partial charge in [0.15, 0.2) is 6.61 Å². The minimum Gasteiger partial charge on any atom is -0.482 e. The average Bonchev–Trinajstić information content (AvgIpc) is 2.83. The van der Waals surface area contributed by atoms with Crippen molar-refractivity contribution in [3.63, 3.8) is 0 Å². The van der Waals surface area contributed by atoms with Crippen LogP contribution in [0.4, 0.5) is 11.4 Å². The molecule has 4 nitrogen and oxygen atoms in total. The van der Waals surface area contributed by atoms with E-state index in [0.29, 0.717) is 22.5 Å². The van der Waals surface area contributed by atoms with Crippen molar-refractivity contribution in [2.75, 3.05) is 17.2 Å². The van der Waals surface area contributed by atoms with Crippen molar-refractivity contribution in [3.05, 3.63) is 17.2 Å². The standard InChI is InChI=1S/C13H15ClN2O2/c14-9-5-11-12(18-7-13(17)16-11)6-10(9)15-8-3-1-2-4-8/h5-6,8,15H,1-4,7H2,(H,16,17). The fourth-order valence-electron chi connectivity index (χ4n) is 2.50. The smallest absolute Gasteiger partial charge is 0.262 e. The van der Waals surface area contributed by atoms with E-state index < -0.39 is 0 Å². The second-order valence-corrected chi connectivity index (χ2v) is 5.20. The first-order valence-electron chi connectivity index (χ1n) is 6.25. The van der Waals surface area contributed by atoms with Crippen LogP contribution >= 0.6 is 11.6 Å². The molecule has 1 aliphatic heterocycles. The fourth-order valence-corrected chi connectivity index (χ4v) is 2.72. The van der Waals surface area contributed by atoms with Crippen LogP contribution in [0.5, 0.6) is 5.75 Å². The molecule has 5 heteroatoms. The lowest BCUT2D eigenvalue weighted by atomic mass is 10.2. The van der Waals surface area contributed by atoms with Gasteiger partial charge in [0, 0.05) is 12.1 Å². The zero-order chi connectivity index (χ0) is 12.5. The van der Waals surface area contributed by atoms with Gasteiger partial charge in [-0.15, -0.1) is 0 Å². The van der Waals surface area contributed by atoms with E-state index in [1.807, 2.05) is 6.07 Å². The average molecular weight is 267 g/mol. The lowest BCUT2D eigenvalue weighted by Crippen LogP contribution is -2.25. The van der Waals surface area contributed by atoms with E-state index in [-0.39, 0.29) is 12.5 Å². The van der Waals surface area contributed by atoms with Gasteiger partial charge in [0.05, 0.1) is 16.4 Å². The monoisotopic (exact) mass is 266 g/mol. The summed E-state index contributed by atoms with van der Waals surface area (Å²) >= 11 is 6.22. The molecule has 0 radical (unpaired) electrons. The van der Waals surface area contributed by atoms with Crippen LogP contribution in [0.15, 0.2) is 12.1 Å². The molecule has 1 amide bonds. The maximum Gasteiger partial charge on any atom is 0.262 e. The van der Waals surface area contributed by atoms with Crippen LogP contribution in [-0.2, 0) is 4.79 Å². The topological polar surface area (TPSA) is 50.4 Å². The Morgan fingerprint density at radius 1 is 1.33 bits per heavy atom. The molecule has 0 unspecified atom stereocenters. The van der Waals surface area contributed by atoms with E-state index in [1.165, 1.54) is 25.7 Å². The molecule has 1 heterocycles. The summed E-state index contributed by atoms with van der Waals surface area (Å²) in [5.74, 6) is 0.537. The number of ether oxygens (including phenoxy) is 1. The third-order valence-corrected chi connectivity index (χ3v) is 3.73. The van der Waals surface area contributed by atoms with Gasteiger partial charge in [-0.1, -0.05) is 24.4 Å². The van der Waals surface area contributed by atoms with Crippen LogP contribution in [0.2, 0.25) is 5.02 Å². The second-order valence-electron chi connectivity index (χ2n) is 4.79. The molecular weight excluding hydrogens is 252 g/mol. The van der Waals surface area contributed by atoms with Crippen molar-refractivity contribution in [2.45, 2.75) is 31.7 Å². The summed E-state index contributed by atoms with van der Waals surface area (Å²) in [5, 5.41) is 6.81. The molecule has 18 heavy (non-hydrogen) atoms. The van der Waals surface area contributed by atoms with Gasteiger partial charge in [-0.3, -0.25) is 4.79 Å². The number of rotatable bonds is 2. The Morgan fingerprint density at radius 3 is 2.89 bits per heavy atom. The third-order valence-electron chi connectivity index (χ3n) is 3.42. The summed E-state index contributed by atoms with van der Waals surface area (Å²) in [6, 6.07) is 4.11. The summed E-state index contributed by atoms with van der Waals surface area (Å²) in [7, 11) is 0. The van der Waals surface area contributed by atoms with Crippen molar-refractivity contribution in [2.24, 2.45) is 0 Å². The van der Waals surface area contributed by atoms with Gasteiger partial charge in [-0.2, -0.15) is 0 Å². The lowest BCUT2D eigenvalue weighted by Gasteiger charge is -2.21. The molecule has 96 valence electrons. The number of amides is 1. The highest BCUT2D eigenvalue weighted by atomic mass is 35.5. The van der Waals surface area contributed by atoms with E-state index in [1.54, 1.807) is 6.07 Å². The molecule has 1 aromatic carbocycles. The van der Waals surface area contributed by atoms with E-state index in [9.17, 15) is 4.79 Å². The fraction of sp³-hybridized carbons (Fsp3) is 0.462. The molecule has 1 fully saturated rings. The SMILES string of the molecule is O=C1COc2cc(NC3CCCC3)c(Cl)cc2N1. The number of carbonyl (C=O) groups is 1. The molecular formula is C13H15ClN2O2. The van der Waals surface area contributed by atoms with Gasteiger partial charge in [0.2, 0.25) is 0 Å². The molecule has 1 aromatic rings. The Hall–Kier alpha value is -1.42. The van der Waals surface area contributed by atoms with Crippen molar-refractivity contribution in [3.8, 4) is 5.75 Å². The molecule has 0 spiro atoms. The zero-order valence-corrected chi connectivity index (χ0v) is 10.7. The number of hydrogen-bond acceptors (Lipinski definition) is 3. The summed E-state index contributed by atoms with van der Waals surface area (Å²) in [5.41, 5.74) is 1.53. The number of fused-ring (bicyclic) bond motifs is 1. The van der Waals surface area contributed by atoms with Crippen molar-refractivity contribution >= 4 is 28.9 Å². The van der Waals surface area contributed by atoms with Gasteiger partial charge >= 0.3 is 0 Å². The Morgan fingerprint density at radius 2 is 2.11 bits per heavy atom. The number of hydrogen-bond donors (Lipinski definition) is 2. The Labute approximate surface area is 111 Å². The van der Waals surface area contributed by atoms with Crippen molar-refractivity contribution < 1.29 is 9.53 Å². The highest BCUT2D eigenvalue weighted by Crippen LogP contribution is 2.37. The predicted molar refractivity (Wildman–Crippen MR) is 71.5 cm³/mol. The molecule has 3 rings (SSSR count). The van der Waals surface area contributed by atoms with E-state index in [2.05, 4.69) is 10.6 Å². The summed E-state index contributed by atoms with van der Waals surface area (Å²) in [4.78, 5) is 11.2. The van der Waals surface area contributed by atoms with Gasteiger partial charge in [-0.25, -0.2) is 0 Å². The summed E-state index contributed by atoms with van der Waals surface area (Å²) in [6.07, 6.45) is 4.91. The van der Waals surface area contributed by atoms with Gasteiger partial charge in [0.25, 0.3) is 5.91 Å². The molecule has 0 atom stereocenters. The predicted octanol–water partition coefficient (Wildman–Crippen LogP) is 3.03. The molecule has 0 saturated heterocycles. The number of carbonyl (C=O) groups excluding carboxylic acids is 1. The maximum atomic E-state index is 11.2. The second kappa shape index (κ2) is 4.69. The van der Waals surface area contributed by atoms with Gasteiger partial charge in [0.1, 0.15) is 5.75 Å². The van der Waals surface area contributed by atoms with E-state index in [0.717, 1.165) is 5.69 Å². The quantitative estimate of drug-likeness (QED) is 0.865. The molecule has 0 aromatic heterocycles. The first kappa shape index (κ1) is 11.7.